The van der Waals surface area contributed by atoms with Crippen LogP contribution in [0.2, 0.25) is 0 Å². The Balaban J connectivity index is 1.68. The quantitative estimate of drug-likeness (QED) is 0.710. The lowest BCUT2D eigenvalue weighted by Gasteiger charge is -2.10. The highest BCUT2D eigenvalue weighted by Crippen LogP contribution is 2.18. The molecule has 0 saturated carbocycles. The highest BCUT2D eigenvalue weighted by Gasteiger charge is 2.10. The number of rotatable bonds is 6. The van der Waals surface area contributed by atoms with E-state index >= 15 is 0 Å². The SMILES string of the molecule is COc1ccccc1CNc1cc(C(=O)Nc2cccc(F)c2)ncn1. The van der Waals surface area contributed by atoms with Crippen LogP contribution in [0.1, 0.15) is 16.1 Å². The Morgan fingerprint density at radius 2 is 1.96 bits per heavy atom. The van der Waals surface area contributed by atoms with Gasteiger partial charge in [-0.3, -0.25) is 4.79 Å². The predicted molar refractivity (Wildman–Crippen MR) is 96.7 cm³/mol. The number of anilines is 2. The largest absolute Gasteiger partial charge is 0.496 e. The number of hydrogen-bond acceptors (Lipinski definition) is 5. The molecule has 6 nitrogen and oxygen atoms in total. The average molecular weight is 352 g/mol. The van der Waals surface area contributed by atoms with Gasteiger partial charge in [0.05, 0.1) is 7.11 Å². The number of hydrogen-bond donors (Lipinski definition) is 2. The molecule has 0 radical (unpaired) electrons. The van der Waals surface area contributed by atoms with Crippen molar-refractivity contribution >= 4 is 17.4 Å². The van der Waals surface area contributed by atoms with Crippen LogP contribution in [0, 0.1) is 5.82 Å². The molecule has 3 aromatic rings. The zero-order valence-corrected chi connectivity index (χ0v) is 14.1. The lowest BCUT2D eigenvalue weighted by Crippen LogP contribution is -2.14. The van der Waals surface area contributed by atoms with Crippen molar-refractivity contribution in [3.05, 3.63) is 78.0 Å². The van der Waals surface area contributed by atoms with Gasteiger partial charge in [-0.25, -0.2) is 14.4 Å². The second-order valence-electron chi connectivity index (χ2n) is 5.42. The molecule has 1 amide bonds. The first-order valence-electron chi connectivity index (χ1n) is 7.90. The molecule has 0 unspecified atom stereocenters. The van der Waals surface area contributed by atoms with Crippen LogP contribution in [0.4, 0.5) is 15.9 Å². The van der Waals surface area contributed by atoms with E-state index in [9.17, 15) is 9.18 Å². The first-order chi connectivity index (χ1) is 12.7. The van der Waals surface area contributed by atoms with Gasteiger partial charge >= 0.3 is 0 Å². The number of amides is 1. The van der Waals surface area contributed by atoms with E-state index in [1.165, 1.54) is 30.6 Å². The van der Waals surface area contributed by atoms with Gasteiger partial charge in [-0.05, 0) is 24.3 Å². The number of benzene rings is 2. The molecule has 0 aliphatic rings. The lowest BCUT2D eigenvalue weighted by molar-refractivity contribution is 0.102. The second kappa shape index (κ2) is 8.06. The molecule has 132 valence electrons. The molecule has 0 bridgehead atoms. The number of carbonyl (C=O) groups is 1. The van der Waals surface area contributed by atoms with Gasteiger partial charge in [-0.15, -0.1) is 0 Å². The fourth-order valence-corrected chi connectivity index (χ4v) is 2.37. The fraction of sp³-hybridized carbons (Fsp3) is 0.105. The van der Waals surface area contributed by atoms with E-state index in [1.807, 2.05) is 24.3 Å². The molecule has 1 aromatic heterocycles. The average Bonchev–Trinajstić information content (AvgIpc) is 2.67. The summed E-state index contributed by atoms with van der Waals surface area (Å²) < 4.78 is 18.5. The summed E-state index contributed by atoms with van der Waals surface area (Å²) >= 11 is 0. The Labute approximate surface area is 150 Å². The third-order valence-electron chi connectivity index (χ3n) is 3.63. The Morgan fingerprint density at radius 3 is 2.77 bits per heavy atom. The van der Waals surface area contributed by atoms with Gasteiger partial charge in [-0.1, -0.05) is 24.3 Å². The first-order valence-corrected chi connectivity index (χ1v) is 7.90. The van der Waals surface area contributed by atoms with Crippen LogP contribution in [0.15, 0.2) is 60.9 Å². The van der Waals surface area contributed by atoms with E-state index in [1.54, 1.807) is 13.2 Å². The van der Waals surface area contributed by atoms with Crippen molar-refractivity contribution in [2.45, 2.75) is 6.54 Å². The lowest BCUT2D eigenvalue weighted by atomic mass is 10.2. The number of para-hydroxylation sites is 1. The summed E-state index contributed by atoms with van der Waals surface area (Å²) in [5.74, 6) is 0.386. The van der Waals surface area contributed by atoms with Gasteiger partial charge in [0.25, 0.3) is 5.91 Å². The number of halogens is 1. The van der Waals surface area contributed by atoms with E-state index in [2.05, 4.69) is 20.6 Å². The maximum absolute atomic E-state index is 13.2. The van der Waals surface area contributed by atoms with Crippen molar-refractivity contribution in [3.8, 4) is 5.75 Å². The van der Waals surface area contributed by atoms with Crippen LogP contribution in [0.5, 0.6) is 5.75 Å². The van der Waals surface area contributed by atoms with Gasteiger partial charge in [0.1, 0.15) is 29.4 Å². The Bertz CT molecular complexity index is 917. The molecule has 0 aliphatic carbocycles. The zero-order chi connectivity index (χ0) is 18.4. The van der Waals surface area contributed by atoms with E-state index in [-0.39, 0.29) is 5.69 Å². The molecule has 1 heterocycles. The third-order valence-corrected chi connectivity index (χ3v) is 3.63. The van der Waals surface area contributed by atoms with Crippen LogP contribution in [-0.2, 0) is 6.54 Å². The number of nitrogens with zero attached hydrogens (tertiary/aromatic N) is 2. The predicted octanol–water partition coefficient (Wildman–Crippen LogP) is 3.49. The van der Waals surface area contributed by atoms with E-state index < -0.39 is 11.7 Å². The second-order valence-corrected chi connectivity index (χ2v) is 5.42. The van der Waals surface area contributed by atoms with Crippen LogP contribution >= 0.6 is 0 Å². The maximum Gasteiger partial charge on any atom is 0.274 e. The molecule has 2 aromatic carbocycles. The summed E-state index contributed by atoms with van der Waals surface area (Å²) in [5, 5.41) is 5.73. The molecule has 26 heavy (non-hydrogen) atoms. The number of aromatic nitrogens is 2. The molecule has 2 N–H and O–H groups in total. The summed E-state index contributed by atoms with van der Waals surface area (Å²) in [6, 6.07) is 14.8. The van der Waals surface area contributed by atoms with Crippen LogP contribution in [0.3, 0.4) is 0 Å². The minimum absolute atomic E-state index is 0.173. The monoisotopic (exact) mass is 352 g/mol. The molecule has 7 heteroatoms. The normalized spacial score (nSPS) is 10.2. The molecular weight excluding hydrogens is 335 g/mol. The highest BCUT2D eigenvalue weighted by molar-refractivity contribution is 6.03. The van der Waals surface area contributed by atoms with E-state index in [4.69, 9.17) is 4.74 Å². The molecule has 0 aliphatic heterocycles. The topological polar surface area (TPSA) is 76.1 Å². The Kier molecular flexibility index (Phi) is 5.38. The number of ether oxygens (including phenoxy) is 1. The Morgan fingerprint density at radius 1 is 1.12 bits per heavy atom. The number of nitrogens with one attached hydrogen (secondary N) is 2. The van der Waals surface area contributed by atoms with Crippen molar-refractivity contribution in [1.29, 1.82) is 0 Å². The minimum atomic E-state index is -0.446. The van der Waals surface area contributed by atoms with Crippen LogP contribution in [0.25, 0.3) is 0 Å². The molecule has 0 atom stereocenters. The fourth-order valence-electron chi connectivity index (χ4n) is 2.37. The first kappa shape index (κ1) is 17.3. The van der Waals surface area contributed by atoms with Crippen molar-refractivity contribution in [2.24, 2.45) is 0 Å². The van der Waals surface area contributed by atoms with E-state index in [0.29, 0.717) is 18.1 Å². The summed E-state index contributed by atoms with van der Waals surface area (Å²) in [6.45, 7) is 0.478. The van der Waals surface area contributed by atoms with Gasteiger partial charge in [0, 0.05) is 23.9 Å². The van der Waals surface area contributed by atoms with E-state index in [0.717, 1.165) is 11.3 Å². The van der Waals surface area contributed by atoms with Gasteiger partial charge < -0.3 is 15.4 Å². The summed E-state index contributed by atoms with van der Waals surface area (Å²) in [4.78, 5) is 20.4. The standard InChI is InChI=1S/C19H17FN4O2/c1-26-17-8-3-2-5-13(17)11-21-18-10-16(22-12-23-18)19(25)24-15-7-4-6-14(20)9-15/h2-10,12H,11H2,1H3,(H,24,25)(H,21,22,23). The smallest absolute Gasteiger partial charge is 0.274 e. The Hall–Kier alpha value is -3.48. The number of carbonyl (C=O) groups excluding carboxylic acids is 1. The molecule has 0 saturated heterocycles. The summed E-state index contributed by atoms with van der Waals surface area (Å²) in [5.41, 5.74) is 1.49. The maximum atomic E-state index is 13.2. The van der Waals surface area contributed by atoms with Gasteiger partial charge in [0.15, 0.2) is 0 Å². The van der Waals surface area contributed by atoms with Gasteiger partial charge in [0.2, 0.25) is 0 Å². The van der Waals surface area contributed by atoms with Crippen molar-refractivity contribution < 1.29 is 13.9 Å². The van der Waals surface area contributed by atoms with Crippen molar-refractivity contribution in [3.63, 3.8) is 0 Å². The summed E-state index contributed by atoms with van der Waals surface area (Å²) in [7, 11) is 1.61. The van der Waals surface area contributed by atoms with Gasteiger partial charge in [-0.2, -0.15) is 0 Å². The molecule has 0 spiro atoms. The molecule has 0 fully saturated rings. The van der Waals surface area contributed by atoms with Crippen LogP contribution < -0.4 is 15.4 Å². The number of methoxy groups -OCH3 is 1. The molecular formula is C19H17FN4O2. The molecule has 3 rings (SSSR count). The zero-order valence-electron chi connectivity index (χ0n) is 14.1. The van der Waals surface area contributed by atoms with Crippen molar-refractivity contribution in [1.82, 2.24) is 9.97 Å². The summed E-state index contributed by atoms with van der Waals surface area (Å²) in [6.07, 6.45) is 1.30. The third kappa shape index (κ3) is 4.32. The van der Waals surface area contributed by atoms with Crippen LogP contribution in [-0.4, -0.2) is 23.0 Å². The highest BCUT2D eigenvalue weighted by atomic mass is 19.1. The minimum Gasteiger partial charge on any atom is -0.496 e. The van der Waals surface area contributed by atoms with Crippen molar-refractivity contribution in [2.75, 3.05) is 17.7 Å².